The molecule has 0 saturated heterocycles. The first kappa shape index (κ1) is 15.4. The van der Waals surface area contributed by atoms with E-state index in [0.717, 1.165) is 24.4 Å². The second kappa shape index (κ2) is 6.34. The van der Waals surface area contributed by atoms with Crippen LogP contribution in [-0.4, -0.2) is 52.0 Å². The molecule has 1 amide bonds. The van der Waals surface area contributed by atoms with Gasteiger partial charge in [-0.2, -0.15) is 0 Å². The van der Waals surface area contributed by atoms with Crippen molar-refractivity contribution >= 4 is 23.2 Å². The third kappa shape index (κ3) is 3.84. The first-order chi connectivity index (χ1) is 10.5. The SMILES string of the molecule is Cc1ncc(C(=O)NC2CC(N(CC(=O)O)CC3CC3)C2)s1. The first-order valence-corrected chi connectivity index (χ1v) is 8.52. The summed E-state index contributed by atoms with van der Waals surface area (Å²) < 4.78 is 0. The van der Waals surface area contributed by atoms with Gasteiger partial charge in [0.25, 0.3) is 5.91 Å². The molecular weight excluding hydrogens is 302 g/mol. The molecule has 0 atom stereocenters. The van der Waals surface area contributed by atoms with Gasteiger partial charge in [-0.3, -0.25) is 14.5 Å². The summed E-state index contributed by atoms with van der Waals surface area (Å²) in [6.45, 7) is 2.87. The number of nitrogens with one attached hydrogen (secondary N) is 1. The van der Waals surface area contributed by atoms with Gasteiger partial charge in [0, 0.05) is 18.6 Å². The summed E-state index contributed by atoms with van der Waals surface area (Å²) >= 11 is 1.39. The largest absolute Gasteiger partial charge is 0.480 e. The number of rotatable bonds is 7. The number of aryl methyl sites for hydroxylation is 1. The van der Waals surface area contributed by atoms with Crippen LogP contribution in [0.15, 0.2) is 6.20 Å². The zero-order valence-electron chi connectivity index (χ0n) is 12.6. The fourth-order valence-corrected chi connectivity index (χ4v) is 3.56. The number of hydrogen-bond acceptors (Lipinski definition) is 5. The van der Waals surface area contributed by atoms with E-state index in [1.807, 2.05) is 6.92 Å². The second-order valence-electron chi connectivity index (χ2n) is 6.31. The third-order valence-electron chi connectivity index (χ3n) is 4.34. The second-order valence-corrected chi connectivity index (χ2v) is 7.54. The van der Waals surface area contributed by atoms with Crippen molar-refractivity contribution in [3.05, 3.63) is 16.1 Å². The van der Waals surface area contributed by atoms with Crippen LogP contribution in [0.1, 0.15) is 40.4 Å². The fourth-order valence-electron chi connectivity index (χ4n) is 2.88. The highest BCUT2D eigenvalue weighted by atomic mass is 32.1. The molecule has 2 N–H and O–H groups in total. The molecule has 0 aliphatic heterocycles. The van der Waals surface area contributed by atoms with Crippen LogP contribution in [0.3, 0.4) is 0 Å². The Kier molecular flexibility index (Phi) is 4.44. The molecule has 0 radical (unpaired) electrons. The van der Waals surface area contributed by atoms with E-state index in [1.165, 1.54) is 24.2 Å². The standard InChI is InChI=1S/C15H21N3O3S/c1-9-16-6-13(22-9)15(21)17-11-4-12(5-11)18(8-14(19)20)7-10-2-3-10/h6,10-12H,2-5,7-8H2,1H3,(H,17,21)(H,19,20). The predicted molar refractivity (Wildman–Crippen MR) is 83.1 cm³/mol. The molecule has 1 heterocycles. The van der Waals surface area contributed by atoms with E-state index in [0.29, 0.717) is 10.8 Å². The minimum absolute atomic E-state index is 0.0685. The van der Waals surface area contributed by atoms with Crippen LogP contribution < -0.4 is 5.32 Å². The Morgan fingerprint density at radius 1 is 1.45 bits per heavy atom. The number of carboxylic acids is 1. The number of carbonyl (C=O) groups excluding carboxylic acids is 1. The summed E-state index contributed by atoms with van der Waals surface area (Å²) in [4.78, 5) is 29.8. The smallest absolute Gasteiger partial charge is 0.317 e. The van der Waals surface area contributed by atoms with E-state index in [4.69, 9.17) is 5.11 Å². The van der Waals surface area contributed by atoms with Crippen molar-refractivity contribution in [2.75, 3.05) is 13.1 Å². The number of carboxylic acid groups (broad SMARTS) is 1. The van der Waals surface area contributed by atoms with Crippen molar-refractivity contribution in [3.8, 4) is 0 Å². The number of hydrogen-bond donors (Lipinski definition) is 2. The Morgan fingerprint density at radius 3 is 2.73 bits per heavy atom. The molecule has 22 heavy (non-hydrogen) atoms. The zero-order chi connectivity index (χ0) is 15.7. The third-order valence-corrected chi connectivity index (χ3v) is 5.25. The molecule has 2 fully saturated rings. The molecule has 0 bridgehead atoms. The monoisotopic (exact) mass is 323 g/mol. The topological polar surface area (TPSA) is 82.5 Å². The summed E-state index contributed by atoms with van der Waals surface area (Å²) in [5.74, 6) is -0.164. The highest BCUT2D eigenvalue weighted by Gasteiger charge is 2.37. The maximum absolute atomic E-state index is 12.1. The predicted octanol–water partition coefficient (Wildman–Crippen LogP) is 1.51. The summed E-state index contributed by atoms with van der Waals surface area (Å²) in [7, 11) is 0. The first-order valence-electron chi connectivity index (χ1n) is 7.70. The maximum atomic E-state index is 12.1. The molecule has 0 unspecified atom stereocenters. The van der Waals surface area contributed by atoms with Crippen LogP contribution in [0, 0.1) is 12.8 Å². The Hall–Kier alpha value is -1.47. The zero-order valence-corrected chi connectivity index (χ0v) is 13.4. The van der Waals surface area contributed by atoms with Crippen LogP contribution in [0.5, 0.6) is 0 Å². The van der Waals surface area contributed by atoms with Crippen molar-refractivity contribution in [1.29, 1.82) is 0 Å². The lowest BCUT2D eigenvalue weighted by Crippen LogP contribution is -2.55. The highest BCUT2D eigenvalue weighted by Crippen LogP contribution is 2.33. The van der Waals surface area contributed by atoms with Crippen molar-refractivity contribution in [3.63, 3.8) is 0 Å². The van der Waals surface area contributed by atoms with Gasteiger partial charge in [0.1, 0.15) is 4.88 Å². The summed E-state index contributed by atoms with van der Waals surface area (Å²) in [6, 6.07) is 0.431. The van der Waals surface area contributed by atoms with Gasteiger partial charge in [-0.15, -0.1) is 11.3 Å². The number of carbonyl (C=O) groups is 2. The van der Waals surface area contributed by atoms with Gasteiger partial charge in [-0.25, -0.2) is 4.98 Å². The van der Waals surface area contributed by atoms with Gasteiger partial charge in [0.15, 0.2) is 0 Å². The van der Waals surface area contributed by atoms with Crippen molar-refractivity contribution in [1.82, 2.24) is 15.2 Å². The highest BCUT2D eigenvalue weighted by molar-refractivity contribution is 7.13. The van der Waals surface area contributed by atoms with E-state index in [-0.39, 0.29) is 24.5 Å². The average molecular weight is 323 g/mol. The molecule has 1 aromatic rings. The van der Waals surface area contributed by atoms with Gasteiger partial charge in [0.2, 0.25) is 0 Å². The van der Waals surface area contributed by atoms with E-state index >= 15 is 0 Å². The van der Waals surface area contributed by atoms with Gasteiger partial charge in [-0.05, 0) is 38.5 Å². The molecular formula is C15H21N3O3S. The van der Waals surface area contributed by atoms with Crippen LogP contribution in [0.2, 0.25) is 0 Å². The molecule has 2 aliphatic carbocycles. The van der Waals surface area contributed by atoms with Gasteiger partial charge >= 0.3 is 5.97 Å². The molecule has 6 nitrogen and oxygen atoms in total. The van der Waals surface area contributed by atoms with Crippen molar-refractivity contribution in [2.24, 2.45) is 5.92 Å². The van der Waals surface area contributed by atoms with E-state index in [2.05, 4.69) is 15.2 Å². The van der Waals surface area contributed by atoms with Crippen LogP contribution in [0.4, 0.5) is 0 Å². The van der Waals surface area contributed by atoms with Gasteiger partial charge < -0.3 is 10.4 Å². The molecule has 1 aromatic heterocycles. The summed E-state index contributed by atoms with van der Waals surface area (Å²) in [5, 5.41) is 12.9. The minimum atomic E-state index is -0.770. The Morgan fingerprint density at radius 2 is 2.18 bits per heavy atom. The van der Waals surface area contributed by atoms with Crippen molar-refractivity contribution < 1.29 is 14.7 Å². The van der Waals surface area contributed by atoms with Crippen LogP contribution in [-0.2, 0) is 4.79 Å². The normalized spacial score (nSPS) is 24.1. The molecule has 120 valence electrons. The van der Waals surface area contributed by atoms with Crippen LogP contribution >= 0.6 is 11.3 Å². The quantitative estimate of drug-likeness (QED) is 0.795. The maximum Gasteiger partial charge on any atom is 0.317 e. The van der Waals surface area contributed by atoms with E-state index < -0.39 is 5.97 Å². The number of amides is 1. The lowest BCUT2D eigenvalue weighted by atomic mass is 9.85. The molecule has 2 saturated carbocycles. The molecule has 2 aliphatic rings. The number of aliphatic carboxylic acids is 1. The van der Waals surface area contributed by atoms with Gasteiger partial charge in [0.05, 0.1) is 17.7 Å². The Balaban J connectivity index is 1.47. The summed E-state index contributed by atoms with van der Waals surface area (Å²) in [5.41, 5.74) is 0. The number of thiazole rings is 1. The molecule has 0 spiro atoms. The number of nitrogens with zero attached hydrogens (tertiary/aromatic N) is 2. The minimum Gasteiger partial charge on any atom is -0.480 e. The average Bonchev–Trinajstić information content (AvgIpc) is 3.10. The fraction of sp³-hybridized carbons (Fsp3) is 0.667. The van der Waals surface area contributed by atoms with E-state index in [1.54, 1.807) is 6.20 Å². The Labute approximate surface area is 133 Å². The molecule has 0 aromatic carbocycles. The molecule has 7 heteroatoms. The Bertz CT molecular complexity index is 564. The lowest BCUT2D eigenvalue weighted by molar-refractivity contribution is -0.139. The molecule has 3 rings (SSSR count). The van der Waals surface area contributed by atoms with E-state index in [9.17, 15) is 9.59 Å². The van der Waals surface area contributed by atoms with Gasteiger partial charge in [-0.1, -0.05) is 0 Å². The summed E-state index contributed by atoms with van der Waals surface area (Å²) in [6.07, 6.45) is 5.71. The van der Waals surface area contributed by atoms with Crippen molar-refractivity contribution in [2.45, 2.75) is 44.7 Å². The lowest BCUT2D eigenvalue weighted by Gasteiger charge is -2.42. The van der Waals surface area contributed by atoms with Crippen LogP contribution in [0.25, 0.3) is 0 Å². The number of aromatic nitrogens is 1.